The van der Waals surface area contributed by atoms with Crippen LogP contribution in [0.1, 0.15) is 29.6 Å². The molecule has 0 unspecified atom stereocenters. The molecule has 0 aliphatic carbocycles. The number of piperidine rings is 1. The fourth-order valence-corrected chi connectivity index (χ4v) is 2.57. The van der Waals surface area contributed by atoms with Crippen LogP contribution in [0.25, 0.3) is 0 Å². The molecule has 0 bridgehead atoms. The minimum Gasteiger partial charge on any atom is -0.471 e. The van der Waals surface area contributed by atoms with E-state index in [0.717, 1.165) is 6.42 Å². The van der Waals surface area contributed by atoms with Gasteiger partial charge in [-0.2, -0.15) is 8.78 Å². The average Bonchev–Trinajstić information content (AvgIpc) is 2.67. The third kappa shape index (κ3) is 7.06. The van der Waals surface area contributed by atoms with Crippen LogP contribution < -0.4 is 10.5 Å². The lowest BCUT2D eigenvalue weighted by atomic mass is 10.1. The zero-order valence-electron chi connectivity index (χ0n) is 15.2. The average molecular weight is 430 g/mol. The van der Waals surface area contributed by atoms with Gasteiger partial charge in [-0.1, -0.05) is 0 Å². The van der Waals surface area contributed by atoms with Gasteiger partial charge in [0.05, 0.1) is 11.7 Å². The molecule has 11 heteroatoms. The predicted molar refractivity (Wildman–Crippen MR) is 96.5 cm³/mol. The van der Waals surface area contributed by atoms with Gasteiger partial charge in [-0.05, 0) is 31.9 Å². The molecule has 0 atom stereocenters. The summed E-state index contributed by atoms with van der Waals surface area (Å²) in [6.45, 7) is 0.757. The van der Waals surface area contributed by atoms with Gasteiger partial charge in [-0.3, -0.25) is 4.79 Å². The van der Waals surface area contributed by atoms with Crippen LogP contribution in [0.15, 0.2) is 18.3 Å². The first-order valence-corrected chi connectivity index (χ1v) is 8.69. The van der Waals surface area contributed by atoms with Crippen LogP contribution in [0.3, 0.4) is 0 Å². The lowest BCUT2D eigenvalue weighted by Gasteiger charge is -2.32. The maximum Gasteiger partial charge on any atom is 0.340 e. The Bertz CT molecular complexity index is 600. The van der Waals surface area contributed by atoms with Gasteiger partial charge in [0.2, 0.25) is 5.88 Å². The number of amides is 1. The maximum absolute atomic E-state index is 12.8. The van der Waals surface area contributed by atoms with Gasteiger partial charge in [-0.25, -0.2) is 13.8 Å². The van der Waals surface area contributed by atoms with E-state index in [9.17, 15) is 22.4 Å². The van der Waals surface area contributed by atoms with E-state index in [-0.39, 0.29) is 35.9 Å². The zero-order chi connectivity index (χ0) is 19.9. The van der Waals surface area contributed by atoms with Gasteiger partial charge in [0.25, 0.3) is 5.91 Å². The fraction of sp³-hybridized carbons (Fsp3) is 0.647. The molecule has 28 heavy (non-hydrogen) atoms. The van der Waals surface area contributed by atoms with Crippen LogP contribution in [0.2, 0.25) is 0 Å². The lowest BCUT2D eigenvalue weighted by Crippen LogP contribution is -2.41. The molecule has 160 valence electrons. The normalized spacial score (nSPS) is 15.4. The quantitative estimate of drug-likeness (QED) is 0.482. The fourth-order valence-electron chi connectivity index (χ4n) is 2.57. The molecule has 0 aromatic carbocycles. The molecule has 1 aliphatic heterocycles. The standard InChI is InChI=1S/C17H23F4N3O3.ClH/c18-16(19)17(20,21)11-27-14-3-2-12(10-23-14)15(25)24-7-4-13(5-8-24)26-9-1-6-22;/h2-3,10,13,16H,1,4-9,11,22H2;1H. The van der Waals surface area contributed by atoms with Gasteiger partial charge in [0, 0.05) is 32.0 Å². The Morgan fingerprint density at radius 3 is 2.54 bits per heavy atom. The van der Waals surface area contributed by atoms with E-state index in [2.05, 4.69) is 9.72 Å². The molecule has 2 rings (SSSR count). The van der Waals surface area contributed by atoms with E-state index in [1.54, 1.807) is 4.90 Å². The van der Waals surface area contributed by atoms with Gasteiger partial charge in [-0.15, -0.1) is 12.4 Å². The van der Waals surface area contributed by atoms with Crippen molar-refractivity contribution in [3.8, 4) is 5.88 Å². The second-order valence-corrected chi connectivity index (χ2v) is 6.24. The Morgan fingerprint density at radius 2 is 2.00 bits per heavy atom. The van der Waals surface area contributed by atoms with Crippen molar-refractivity contribution < 1.29 is 31.8 Å². The van der Waals surface area contributed by atoms with E-state index < -0.39 is 19.0 Å². The molecule has 2 N–H and O–H groups in total. The smallest absolute Gasteiger partial charge is 0.340 e. The van der Waals surface area contributed by atoms with Crippen molar-refractivity contribution in [2.24, 2.45) is 5.73 Å². The number of rotatable bonds is 9. The molecule has 0 saturated carbocycles. The minimum atomic E-state index is -4.26. The molecular weight excluding hydrogens is 406 g/mol. The molecule has 1 amide bonds. The van der Waals surface area contributed by atoms with Crippen molar-refractivity contribution in [3.05, 3.63) is 23.9 Å². The van der Waals surface area contributed by atoms with Gasteiger partial charge < -0.3 is 20.1 Å². The number of aromatic nitrogens is 1. The summed E-state index contributed by atoms with van der Waals surface area (Å²) < 4.78 is 60.1. The summed E-state index contributed by atoms with van der Waals surface area (Å²) in [5, 5.41) is 0. The van der Waals surface area contributed by atoms with Crippen molar-refractivity contribution in [1.82, 2.24) is 9.88 Å². The first kappa shape index (κ1) is 24.4. The van der Waals surface area contributed by atoms with E-state index >= 15 is 0 Å². The highest BCUT2D eigenvalue weighted by atomic mass is 35.5. The van der Waals surface area contributed by atoms with Crippen molar-refractivity contribution in [2.75, 3.05) is 32.8 Å². The van der Waals surface area contributed by atoms with E-state index in [0.29, 0.717) is 39.1 Å². The molecule has 1 aromatic heterocycles. The number of halogens is 5. The Hall–Kier alpha value is -1.65. The third-order valence-electron chi connectivity index (χ3n) is 4.15. The highest BCUT2D eigenvalue weighted by molar-refractivity contribution is 5.94. The maximum atomic E-state index is 12.8. The summed E-state index contributed by atoms with van der Waals surface area (Å²) in [5.41, 5.74) is 5.69. The molecule has 1 aromatic rings. The topological polar surface area (TPSA) is 77.7 Å². The first-order valence-electron chi connectivity index (χ1n) is 8.69. The molecular formula is C17H24ClF4N3O3. The molecule has 1 aliphatic rings. The lowest BCUT2D eigenvalue weighted by molar-refractivity contribution is -0.148. The van der Waals surface area contributed by atoms with Crippen LogP contribution in [0.5, 0.6) is 5.88 Å². The largest absolute Gasteiger partial charge is 0.471 e. The highest BCUT2D eigenvalue weighted by Crippen LogP contribution is 2.24. The molecule has 0 radical (unpaired) electrons. The van der Waals surface area contributed by atoms with E-state index in [1.165, 1.54) is 18.3 Å². The molecule has 1 saturated heterocycles. The van der Waals surface area contributed by atoms with Crippen LogP contribution >= 0.6 is 12.4 Å². The number of likely N-dealkylation sites (tertiary alicyclic amines) is 1. The number of pyridine rings is 1. The number of hydrogen-bond acceptors (Lipinski definition) is 5. The van der Waals surface area contributed by atoms with Crippen molar-refractivity contribution in [2.45, 2.75) is 37.7 Å². The predicted octanol–water partition coefficient (Wildman–Crippen LogP) is 2.75. The number of alkyl halides is 4. The van der Waals surface area contributed by atoms with E-state index in [1.807, 2.05) is 0 Å². The zero-order valence-corrected chi connectivity index (χ0v) is 16.0. The van der Waals surface area contributed by atoms with Crippen LogP contribution in [-0.2, 0) is 4.74 Å². The number of carbonyl (C=O) groups excluding carboxylic acids is 1. The Labute approximate surface area is 166 Å². The third-order valence-corrected chi connectivity index (χ3v) is 4.15. The summed E-state index contributed by atoms with van der Waals surface area (Å²) in [5.74, 6) is -4.75. The van der Waals surface area contributed by atoms with E-state index in [4.69, 9.17) is 10.5 Å². The summed E-state index contributed by atoms with van der Waals surface area (Å²) in [7, 11) is 0. The van der Waals surface area contributed by atoms with Gasteiger partial charge in [0.15, 0.2) is 6.61 Å². The Morgan fingerprint density at radius 1 is 1.32 bits per heavy atom. The van der Waals surface area contributed by atoms with Crippen molar-refractivity contribution in [3.63, 3.8) is 0 Å². The first-order chi connectivity index (χ1) is 12.8. The monoisotopic (exact) mass is 429 g/mol. The SMILES string of the molecule is Cl.NCCCOC1CCN(C(=O)c2ccc(OCC(F)(F)C(F)F)nc2)CC1. The number of nitrogens with zero attached hydrogens (tertiary/aromatic N) is 2. The number of carbonyl (C=O) groups is 1. The molecule has 2 heterocycles. The van der Waals surface area contributed by atoms with Crippen molar-refractivity contribution in [1.29, 1.82) is 0 Å². The van der Waals surface area contributed by atoms with Gasteiger partial charge in [0.1, 0.15) is 0 Å². The molecule has 1 fully saturated rings. The van der Waals surface area contributed by atoms with Crippen LogP contribution in [0, 0.1) is 0 Å². The number of nitrogens with two attached hydrogens (primary N) is 1. The van der Waals surface area contributed by atoms with Crippen molar-refractivity contribution >= 4 is 18.3 Å². The summed E-state index contributed by atoms with van der Waals surface area (Å²) >= 11 is 0. The van der Waals surface area contributed by atoms with Gasteiger partial charge >= 0.3 is 12.3 Å². The second-order valence-electron chi connectivity index (χ2n) is 6.24. The van der Waals surface area contributed by atoms with Crippen LogP contribution in [-0.4, -0.2) is 67.1 Å². The Balaban J connectivity index is 0.00000392. The summed E-state index contributed by atoms with van der Waals surface area (Å²) in [6, 6.07) is 2.58. The molecule has 6 nitrogen and oxygen atoms in total. The minimum absolute atomic E-state index is 0. The highest BCUT2D eigenvalue weighted by Gasteiger charge is 2.41. The van der Waals surface area contributed by atoms with Crippen LogP contribution in [0.4, 0.5) is 17.6 Å². The second kappa shape index (κ2) is 11.4. The molecule has 0 spiro atoms. The Kier molecular flexibility index (Phi) is 9.91. The summed E-state index contributed by atoms with van der Waals surface area (Å²) in [4.78, 5) is 17.8. The summed E-state index contributed by atoms with van der Waals surface area (Å²) in [6.07, 6.45) is -0.308. The number of ether oxygens (including phenoxy) is 2. The number of hydrogen-bond donors (Lipinski definition) is 1.